The van der Waals surface area contributed by atoms with Gasteiger partial charge in [0.2, 0.25) is 5.91 Å². The van der Waals surface area contributed by atoms with Gasteiger partial charge in [0.25, 0.3) is 5.91 Å². The number of nitrogens with zero attached hydrogens (tertiary/aromatic N) is 1. The molecular weight excluding hydrogens is 340 g/mol. The molecule has 0 saturated carbocycles. The third-order valence-electron chi connectivity index (χ3n) is 4.73. The summed E-state index contributed by atoms with van der Waals surface area (Å²) in [7, 11) is 0. The van der Waals surface area contributed by atoms with Crippen LogP contribution in [0, 0.1) is 6.92 Å². The van der Waals surface area contributed by atoms with Crippen LogP contribution in [0.25, 0.3) is 10.8 Å². The van der Waals surface area contributed by atoms with Crippen molar-refractivity contribution in [3.8, 4) is 5.75 Å². The smallest absolute Gasteiger partial charge is 0.259 e. The van der Waals surface area contributed by atoms with E-state index in [2.05, 4.69) is 5.32 Å². The molecule has 3 aromatic rings. The molecule has 1 N–H and O–H groups in total. The number of para-hydroxylation sites is 1. The summed E-state index contributed by atoms with van der Waals surface area (Å²) in [6, 6.07) is 19.2. The zero-order valence-electron chi connectivity index (χ0n) is 15.1. The first-order valence-electron chi connectivity index (χ1n) is 8.94. The number of nitrogens with one attached hydrogen (secondary N) is 1. The van der Waals surface area contributed by atoms with Crippen LogP contribution >= 0.6 is 0 Å². The molecule has 0 saturated heterocycles. The second-order valence-electron chi connectivity index (χ2n) is 6.54. The average Bonchev–Trinajstić information content (AvgIpc) is 2.95. The molecule has 0 aromatic heterocycles. The summed E-state index contributed by atoms with van der Waals surface area (Å²) in [5.41, 5.74) is 2.50. The van der Waals surface area contributed by atoms with Crippen LogP contribution in [0.1, 0.15) is 15.9 Å². The van der Waals surface area contributed by atoms with Gasteiger partial charge in [0.05, 0.1) is 12.2 Å². The van der Waals surface area contributed by atoms with E-state index in [0.717, 1.165) is 27.8 Å². The number of hydrogen-bond acceptors (Lipinski definition) is 3. The Bertz CT molecular complexity index is 1020. The molecule has 4 rings (SSSR count). The normalized spacial score (nSPS) is 12.5. The van der Waals surface area contributed by atoms with Gasteiger partial charge in [-0.15, -0.1) is 0 Å². The number of rotatable bonds is 6. The fourth-order valence-corrected chi connectivity index (χ4v) is 3.41. The van der Waals surface area contributed by atoms with Crippen LogP contribution in [-0.4, -0.2) is 31.5 Å². The summed E-state index contributed by atoms with van der Waals surface area (Å²) in [5.74, 6) is 0.471. The van der Waals surface area contributed by atoms with Crippen molar-refractivity contribution < 1.29 is 14.3 Å². The van der Waals surface area contributed by atoms with Gasteiger partial charge in [-0.05, 0) is 36.1 Å². The molecular formula is C22H20N2O3. The molecule has 1 aliphatic rings. The fourth-order valence-electron chi connectivity index (χ4n) is 3.41. The molecule has 0 bridgehead atoms. The van der Waals surface area contributed by atoms with Gasteiger partial charge < -0.3 is 10.1 Å². The Balaban J connectivity index is 1.36. The standard InChI is InChI=1S/C22H20N2O3/c1-15-6-2-3-11-19(15)27-13-12-23-20(25)14-24-18-10-5-8-16-7-4-9-17(21(16)18)22(24)26/h2-11H,12-14H2,1H3,(H,23,25). The molecule has 0 radical (unpaired) electrons. The number of carbonyl (C=O) groups is 2. The molecule has 5 heteroatoms. The SMILES string of the molecule is Cc1ccccc1OCCNC(=O)CN1C(=O)c2cccc3cccc1c23. The first-order valence-corrected chi connectivity index (χ1v) is 8.94. The number of aryl methyl sites for hydroxylation is 1. The highest BCUT2D eigenvalue weighted by Crippen LogP contribution is 2.36. The van der Waals surface area contributed by atoms with Gasteiger partial charge in [-0.1, -0.05) is 42.5 Å². The maximum Gasteiger partial charge on any atom is 0.259 e. The van der Waals surface area contributed by atoms with Crippen molar-refractivity contribution in [1.29, 1.82) is 0 Å². The minimum atomic E-state index is -0.207. The molecule has 1 heterocycles. The van der Waals surface area contributed by atoms with Crippen molar-refractivity contribution >= 4 is 28.3 Å². The van der Waals surface area contributed by atoms with Crippen molar-refractivity contribution in [2.45, 2.75) is 6.92 Å². The summed E-state index contributed by atoms with van der Waals surface area (Å²) in [5, 5.41) is 4.75. The fraction of sp³-hybridized carbons (Fsp3) is 0.182. The van der Waals surface area contributed by atoms with Crippen LogP contribution in [-0.2, 0) is 4.79 Å². The monoisotopic (exact) mass is 360 g/mol. The molecule has 1 aliphatic heterocycles. The molecule has 136 valence electrons. The van der Waals surface area contributed by atoms with Gasteiger partial charge in [0, 0.05) is 10.9 Å². The third-order valence-corrected chi connectivity index (χ3v) is 4.73. The highest BCUT2D eigenvalue weighted by molar-refractivity contribution is 6.26. The molecule has 0 spiro atoms. The average molecular weight is 360 g/mol. The van der Waals surface area contributed by atoms with Crippen LogP contribution in [0.4, 0.5) is 5.69 Å². The van der Waals surface area contributed by atoms with Gasteiger partial charge in [-0.3, -0.25) is 14.5 Å². The van der Waals surface area contributed by atoms with E-state index < -0.39 is 0 Å². The molecule has 27 heavy (non-hydrogen) atoms. The van der Waals surface area contributed by atoms with Gasteiger partial charge in [-0.25, -0.2) is 0 Å². The lowest BCUT2D eigenvalue weighted by atomic mass is 10.1. The van der Waals surface area contributed by atoms with E-state index in [1.54, 1.807) is 0 Å². The quantitative estimate of drug-likeness (QED) is 0.686. The number of hydrogen-bond donors (Lipinski definition) is 1. The van der Waals surface area contributed by atoms with E-state index in [4.69, 9.17) is 4.74 Å². The van der Waals surface area contributed by atoms with Gasteiger partial charge in [0.1, 0.15) is 18.9 Å². The zero-order valence-corrected chi connectivity index (χ0v) is 15.1. The van der Waals surface area contributed by atoms with E-state index in [0.29, 0.717) is 18.7 Å². The van der Waals surface area contributed by atoms with E-state index in [-0.39, 0.29) is 18.4 Å². The van der Waals surface area contributed by atoms with E-state index in [9.17, 15) is 9.59 Å². The van der Waals surface area contributed by atoms with E-state index >= 15 is 0 Å². The Morgan fingerprint density at radius 1 is 1.04 bits per heavy atom. The van der Waals surface area contributed by atoms with E-state index in [1.807, 2.05) is 67.6 Å². The van der Waals surface area contributed by atoms with Crippen LogP contribution in [0.5, 0.6) is 5.75 Å². The van der Waals surface area contributed by atoms with Crippen molar-refractivity contribution in [3.63, 3.8) is 0 Å². The largest absolute Gasteiger partial charge is 0.491 e. The first kappa shape index (κ1) is 17.1. The first-order chi connectivity index (χ1) is 13.1. The third kappa shape index (κ3) is 3.24. The number of carbonyl (C=O) groups excluding carboxylic acids is 2. The summed E-state index contributed by atoms with van der Waals surface area (Å²) in [6.45, 7) is 2.73. The van der Waals surface area contributed by atoms with Gasteiger partial charge >= 0.3 is 0 Å². The van der Waals surface area contributed by atoms with E-state index in [1.165, 1.54) is 4.90 Å². The van der Waals surface area contributed by atoms with Crippen molar-refractivity contribution in [2.24, 2.45) is 0 Å². The summed E-state index contributed by atoms with van der Waals surface area (Å²) in [4.78, 5) is 26.6. The Hall–Kier alpha value is -3.34. The van der Waals surface area contributed by atoms with Crippen LogP contribution in [0.2, 0.25) is 0 Å². The lowest BCUT2D eigenvalue weighted by molar-refractivity contribution is -0.119. The van der Waals surface area contributed by atoms with Crippen LogP contribution in [0.15, 0.2) is 60.7 Å². The molecule has 3 aromatic carbocycles. The molecule has 5 nitrogen and oxygen atoms in total. The van der Waals surface area contributed by atoms with Crippen molar-refractivity contribution in [3.05, 3.63) is 71.8 Å². The lowest BCUT2D eigenvalue weighted by Gasteiger charge is -2.17. The highest BCUT2D eigenvalue weighted by atomic mass is 16.5. The molecule has 2 amide bonds. The lowest BCUT2D eigenvalue weighted by Crippen LogP contribution is -2.40. The Labute approximate surface area is 157 Å². The Kier molecular flexibility index (Phi) is 4.50. The molecule has 0 unspecified atom stereocenters. The highest BCUT2D eigenvalue weighted by Gasteiger charge is 2.30. The number of amides is 2. The maximum absolute atomic E-state index is 12.7. The topological polar surface area (TPSA) is 58.6 Å². The molecule has 0 fully saturated rings. The molecule has 0 aliphatic carbocycles. The number of anilines is 1. The van der Waals surface area contributed by atoms with Crippen molar-refractivity contribution in [1.82, 2.24) is 5.32 Å². The van der Waals surface area contributed by atoms with Gasteiger partial charge in [0.15, 0.2) is 0 Å². The maximum atomic E-state index is 12.7. The zero-order chi connectivity index (χ0) is 18.8. The minimum absolute atomic E-state index is 0.00298. The number of ether oxygens (including phenoxy) is 1. The summed E-state index contributed by atoms with van der Waals surface area (Å²) >= 11 is 0. The summed E-state index contributed by atoms with van der Waals surface area (Å²) in [6.07, 6.45) is 0. The molecule has 0 atom stereocenters. The number of benzene rings is 3. The Morgan fingerprint density at radius 3 is 2.63 bits per heavy atom. The second kappa shape index (κ2) is 7.11. The summed E-state index contributed by atoms with van der Waals surface area (Å²) < 4.78 is 5.68. The van der Waals surface area contributed by atoms with Crippen LogP contribution < -0.4 is 15.0 Å². The second-order valence-corrected chi connectivity index (χ2v) is 6.54. The van der Waals surface area contributed by atoms with Gasteiger partial charge in [-0.2, -0.15) is 0 Å². The minimum Gasteiger partial charge on any atom is -0.491 e. The predicted molar refractivity (Wildman–Crippen MR) is 105 cm³/mol. The predicted octanol–water partition coefficient (Wildman–Crippen LogP) is 3.30. The Morgan fingerprint density at radius 2 is 1.81 bits per heavy atom. The van der Waals surface area contributed by atoms with Crippen molar-refractivity contribution in [2.75, 3.05) is 24.6 Å². The van der Waals surface area contributed by atoms with Crippen LogP contribution in [0.3, 0.4) is 0 Å².